The van der Waals surface area contributed by atoms with Crippen LogP contribution in [0.5, 0.6) is 0 Å². The lowest BCUT2D eigenvalue weighted by Gasteiger charge is -2.18. The Morgan fingerprint density at radius 1 is 1.41 bits per heavy atom. The number of rotatable bonds is 3. The molecule has 6 heteroatoms. The molecule has 1 rings (SSSR count). The number of amides is 1. The molecule has 1 aromatic rings. The van der Waals surface area contributed by atoms with Crippen molar-refractivity contribution in [2.45, 2.75) is 12.6 Å². The molecule has 0 fully saturated rings. The predicted molar refractivity (Wildman–Crippen MR) is 61.8 cm³/mol. The monoisotopic (exact) mass is 309 g/mol. The summed E-state index contributed by atoms with van der Waals surface area (Å²) in [5.74, 6) is -0.421. The van der Waals surface area contributed by atoms with Gasteiger partial charge in [0.2, 0.25) is 0 Å². The van der Waals surface area contributed by atoms with Crippen molar-refractivity contribution < 1.29 is 18.0 Å². The van der Waals surface area contributed by atoms with E-state index in [0.717, 1.165) is 4.90 Å². The van der Waals surface area contributed by atoms with Crippen LogP contribution >= 0.6 is 15.9 Å². The lowest BCUT2D eigenvalue weighted by molar-refractivity contribution is -0.136. The van der Waals surface area contributed by atoms with Crippen LogP contribution in [-0.4, -0.2) is 30.6 Å². The lowest BCUT2D eigenvalue weighted by Crippen LogP contribution is -2.30. The van der Waals surface area contributed by atoms with Crippen molar-refractivity contribution in [2.24, 2.45) is 0 Å². The zero-order chi connectivity index (χ0) is 13.1. The van der Waals surface area contributed by atoms with Crippen LogP contribution in [0, 0.1) is 0 Å². The topological polar surface area (TPSA) is 20.3 Å². The van der Waals surface area contributed by atoms with Crippen molar-refractivity contribution in [1.29, 1.82) is 0 Å². The number of hydrogen-bond donors (Lipinski definition) is 0. The number of carbonyl (C=O) groups excluding carboxylic acids is 1. The highest BCUT2D eigenvalue weighted by Gasteiger charge is 2.28. The van der Waals surface area contributed by atoms with Crippen LogP contribution in [0.3, 0.4) is 0 Å². The molecule has 0 unspecified atom stereocenters. The van der Waals surface area contributed by atoms with Gasteiger partial charge in [-0.3, -0.25) is 4.79 Å². The van der Waals surface area contributed by atoms with Gasteiger partial charge in [-0.05, 0) is 18.2 Å². The predicted octanol–water partition coefficient (Wildman–Crippen LogP) is 3.47. The minimum Gasteiger partial charge on any atom is -0.341 e. The van der Waals surface area contributed by atoms with Crippen LogP contribution < -0.4 is 0 Å². The highest BCUT2D eigenvalue weighted by Crippen LogP contribution is 2.20. The second kappa shape index (κ2) is 5.53. The fourth-order valence-corrected chi connectivity index (χ4v) is 1.64. The standard InChI is InChI=1S/C11H11BrF3NO/c1-16(6-5-11(13,14)15)10(17)8-3-2-4-9(12)7-8/h2-4,7H,5-6H2,1H3. The summed E-state index contributed by atoms with van der Waals surface area (Å²) in [6.07, 6.45) is -5.24. The molecule has 0 aliphatic rings. The van der Waals surface area contributed by atoms with E-state index < -0.39 is 18.5 Å². The molecule has 0 spiro atoms. The minimum atomic E-state index is -4.24. The zero-order valence-electron chi connectivity index (χ0n) is 9.09. The number of carbonyl (C=O) groups is 1. The van der Waals surface area contributed by atoms with Gasteiger partial charge in [-0.15, -0.1) is 0 Å². The first-order valence-corrected chi connectivity index (χ1v) is 5.67. The number of benzene rings is 1. The Kier molecular flexibility index (Phi) is 4.56. The highest BCUT2D eigenvalue weighted by molar-refractivity contribution is 9.10. The molecule has 0 saturated carbocycles. The molecule has 17 heavy (non-hydrogen) atoms. The van der Waals surface area contributed by atoms with Gasteiger partial charge in [0.15, 0.2) is 0 Å². The van der Waals surface area contributed by atoms with E-state index in [0.29, 0.717) is 10.0 Å². The summed E-state index contributed by atoms with van der Waals surface area (Å²) in [7, 11) is 1.36. The SMILES string of the molecule is CN(CCC(F)(F)F)C(=O)c1cccc(Br)c1. The molecule has 1 aromatic carbocycles. The lowest BCUT2D eigenvalue weighted by atomic mass is 10.2. The number of halogens is 4. The van der Waals surface area contributed by atoms with E-state index in [1.54, 1.807) is 24.3 Å². The molecule has 0 N–H and O–H groups in total. The van der Waals surface area contributed by atoms with Crippen molar-refractivity contribution >= 4 is 21.8 Å². The molecule has 0 heterocycles. The second-order valence-electron chi connectivity index (χ2n) is 3.60. The van der Waals surface area contributed by atoms with Crippen LogP contribution in [0.25, 0.3) is 0 Å². The van der Waals surface area contributed by atoms with Crippen molar-refractivity contribution in [2.75, 3.05) is 13.6 Å². The van der Waals surface area contributed by atoms with Gasteiger partial charge in [-0.1, -0.05) is 22.0 Å². The van der Waals surface area contributed by atoms with Crippen molar-refractivity contribution in [3.05, 3.63) is 34.3 Å². The number of alkyl halides is 3. The smallest absolute Gasteiger partial charge is 0.341 e. The second-order valence-corrected chi connectivity index (χ2v) is 4.52. The van der Waals surface area contributed by atoms with Crippen LogP contribution in [0.2, 0.25) is 0 Å². The van der Waals surface area contributed by atoms with Gasteiger partial charge >= 0.3 is 6.18 Å². The Balaban J connectivity index is 2.64. The zero-order valence-corrected chi connectivity index (χ0v) is 10.7. The molecule has 0 aromatic heterocycles. The molecule has 0 atom stereocenters. The van der Waals surface area contributed by atoms with Crippen molar-refractivity contribution in [3.63, 3.8) is 0 Å². The summed E-state index contributed by atoms with van der Waals surface area (Å²) in [5.41, 5.74) is 0.365. The Bertz CT molecular complexity index is 406. The van der Waals surface area contributed by atoms with Gasteiger partial charge in [0, 0.05) is 23.6 Å². The summed E-state index contributed by atoms with van der Waals surface area (Å²) in [5, 5.41) is 0. The van der Waals surface area contributed by atoms with E-state index in [2.05, 4.69) is 15.9 Å². The first-order chi connectivity index (χ1) is 7.79. The first-order valence-electron chi connectivity index (χ1n) is 4.87. The molecule has 0 saturated heterocycles. The molecule has 0 aliphatic carbocycles. The molecular formula is C11H11BrF3NO. The van der Waals surface area contributed by atoms with Crippen LogP contribution in [0.15, 0.2) is 28.7 Å². The van der Waals surface area contributed by atoms with Crippen molar-refractivity contribution in [1.82, 2.24) is 4.90 Å². The maximum Gasteiger partial charge on any atom is 0.390 e. The minimum absolute atomic E-state index is 0.338. The van der Waals surface area contributed by atoms with E-state index in [9.17, 15) is 18.0 Å². The molecule has 0 aliphatic heterocycles. The highest BCUT2D eigenvalue weighted by atomic mass is 79.9. The Morgan fingerprint density at radius 2 is 2.06 bits per heavy atom. The normalized spacial score (nSPS) is 11.4. The van der Waals surface area contributed by atoms with Gasteiger partial charge in [0.25, 0.3) is 5.91 Å². The maximum absolute atomic E-state index is 12.0. The fraction of sp³-hybridized carbons (Fsp3) is 0.364. The average Bonchev–Trinajstić information content (AvgIpc) is 2.24. The van der Waals surface area contributed by atoms with Gasteiger partial charge < -0.3 is 4.90 Å². The largest absolute Gasteiger partial charge is 0.390 e. The molecular weight excluding hydrogens is 299 g/mol. The summed E-state index contributed by atoms with van der Waals surface area (Å²) < 4.78 is 36.7. The van der Waals surface area contributed by atoms with Crippen LogP contribution in [-0.2, 0) is 0 Å². The Morgan fingerprint density at radius 3 is 2.59 bits per heavy atom. The molecule has 1 amide bonds. The molecule has 94 valence electrons. The molecule has 0 bridgehead atoms. The Labute approximate surface area is 106 Å². The molecule has 0 radical (unpaired) electrons. The van der Waals surface area contributed by atoms with Gasteiger partial charge in [-0.25, -0.2) is 0 Å². The Hall–Kier alpha value is -1.04. The fourth-order valence-electron chi connectivity index (χ4n) is 1.24. The maximum atomic E-state index is 12.0. The summed E-state index contributed by atoms with van der Waals surface area (Å²) in [6, 6.07) is 6.55. The summed E-state index contributed by atoms with van der Waals surface area (Å²) in [4.78, 5) is 12.8. The van der Waals surface area contributed by atoms with Gasteiger partial charge in [-0.2, -0.15) is 13.2 Å². The number of nitrogens with zero attached hydrogens (tertiary/aromatic N) is 1. The number of hydrogen-bond acceptors (Lipinski definition) is 1. The third-order valence-corrected chi connectivity index (χ3v) is 2.64. The van der Waals surface area contributed by atoms with Gasteiger partial charge in [0.1, 0.15) is 0 Å². The van der Waals surface area contributed by atoms with E-state index in [1.165, 1.54) is 7.05 Å². The third kappa shape index (κ3) is 4.77. The summed E-state index contributed by atoms with van der Waals surface area (Å²) in [6.45, 7) is -0.338. The average molecular weight is 310 g/mol. The quantitative estimate of drug-likeness (QED) is 0.837. The van der Waals surface area contributed by atoms with Crippen molar-refractivity contribution in [3.8, 4) is 0 Å². The molecule has 2 nitrogen and oxygen atoms in total. The van der Waals surface area contributed by atoms with E-state index in [-0.39, 0.29) is 6.54 Å². The third-order valence-electron chi connectivity index (χ3n) is 2.15. The first kappa shape index (κ1) is 14.0. The summed E-state index contributed by atoms with van der Waals surface area (Å²) >= 11 is 3.20. The van der Waals surface area contributed by atoms with E-state index in [1.807, 2.05) is 0 Å². The van der Waals surface area contributed by atoms with E-state index >= 15 is 0 Å². The van der Waals surface area contributed by atoms with Crippen LogP contribution in [0.4, 0.5) is 13.2 Å². The van der Waals surface area contributed by atoms with Crippen LogP contribution in [0.1, 0.15) is 16.8 Å². The van der Waals surface area contributed by atoms with E-state index in [4.69, 9.17) is 0 Å². The van der Waals surface area contributed by atoms with Gasteiger partial charge in [0.05, 0.1) is 6.42 Å².